The molecule has 0 spiro atoms. The number of ether oxygens (including phenoxy) is 1. The van der Waals surface area contributed by atoms with Crippen molar-refractivity contribution >= 4 is 22.4 Å². The number of hydrogen-bond acceptors (Lipinski definition) is 6. The molecule has 2 aromatic carbocycles. The van der Waals surface area contributed by atoms with E-state index in [9.17, 15) is 9.59 Å². The van der Waals surface area contributed by atoms with Gasteiger partial charge in [0.1, 0.15) is 11.4 Å². The number of hydrogen-bond donors (Lipinski definition) is 0. The highest BCUT2D eigenvalue weighted by atomic mass is 32.1. The number of aryl methyl sites for hydroxylation is 1. The van der Waals surface area contributed by atoms with Crippen molar-refractivity contribution in [3.05, 3.63) is 96.2 Å². The molecule has 0 unspecified atom stereocenters. The Bertz CT molecular complexity index is 1320. The van der Waals surface area contributed by atoms with Gasteiger partial charge in [0.05, 0.1) is 11.6 Å². The summed E-state index contributed by atoms with van der Waals surface area (Å²) in [5.41, 5.74) is 2.47. The molecule has 0 amide bonds. The van der Waals surface area contributed by atoms with Gasteiger partial charge >= 0.3 is 0 Å². The minimum Gasteiger partial charge on any atom is -0.497 e. The number of thiazole rings is 1. The van der Waals surface area contributed by atoms with Crippen LogP contribution >= 0.6 is 11.3 Å². The van der Waals surface area contributed by atoms with Crippen molar-refractivity contribution in [3.8, 4) is 5.75 Å². The van der Waals surface area contributed by atoms with Crippen molar-refractivity contribution in [1.82, 2.24) is 14.6 Å². The summed E-state index contributed by atoms with van der Waals surface area (Å²) < 4.78 is 6.88. The summed E-state index contributed by atoms with van der Waals surface area (Å²) in [5, 5.41) is 4.28. The van der Waals surface area contributed by atoms with Crippen LogP contribution in [0.15, 0.2) is 58.1 Å². The average Bonchev–Trinajstić information content (AvgIpc) is 2.98. The van der Waals surface area contributed by atoms with Crippen LogP contribution in [-0.2, 0) is 6.42 Å². The molecule has 4 rings (SSSR count). The van der Waals surface area contributed by atoms with Crippen LogP contribution in [0.5, 0.6) is 5.75 Å². The SMILES string of the molecule is COc1cccc(C=c2sc3nc(=O)c(Cc4ccc(C)cc4)nn3c2=O)c1. The summed E-state index contributed by atoms with van der Waals surface area (Å²) >= 11 is 1.14. The lowest BCUT2D eigenvalue weighted by atomic mass is 10.1. The van der Waals surface area contributed by atoms with E-state index in [0.717, 1.165) is 28.0 Å². The van der Waals surface area contributed by atoms with E-state index in [1.807, 2.05) is 55.5 Å². The Balaban J connectivity index is 1.78. The third-order valence-corrected chi connectivity index (χ3v) is 5.29. The third kappa shape index (κ3) is 3.57. The van der Waals surface area contributed by atoms with Gasteiger partial charge in [-0.15, -0.1) is 0 Å². The van der Waals surface area contributed by atoms with Gasteiger partial charge in [0.2, 0.25) is 4.96 Å². The molecule has 0 radical (unpaired) electrons. The number of aromatic nitrogens is 3. The number of nitrogens with zero attached hydrogens (tertiary/aromatic N) is 3. The molecule has 0 fully saturated rings. The fraction of sp³-hybridized carbons (Fsp3) is 0.143. The maximum Gasteiger partial charge on any atom is 0.296 e. The lowest BCUT2D eigenvalue weighted by Crippen LogP contribution is -2.28. The van der Waals surface area contributed by atoms with E-state index in [4.69, 9.17) is 4.74 Å². The topological polar surface area (TPSA) is 73.6 Å². The predicted octanol–water partition coefficient (Wildman–Crippen LogP) is 1.97. The van der Waals surface area contributed by atoms with Gasteiger partial charge in [-0.25, -0.2) is 0 Å². The second-order valence-corrected chi connectivity index (χ2v) is 7.42. The quantitative estimate of drug-likeness (QED) is 0.532. The van der Waals surface area contributed by atoms with Gasteiger partial charge in [-0.3, -0.25) is 9.59 Å². The van der Waals surface area contributed by atoms with Crippen LogP contribution < -0.4 is 20.4 Å². The predicted molar refractivity (Wildman–Crippen MR) is 109 cm³/mol. The van der Waals surface area contributed by atoms with E-state index in [-0.39, 0.29) is 16.2 Å². The van der Waals surface area contributed by atoms with Crippen molar-refractivity contribution in [3.63, 3.8) is 0 Å². The summed E-state index contributed by atoms with van der Waals surface area (Å²) in [4.78, 5) is 29.5. The van der Waals surface area contributed by atoms with E-state index in [1.165, 1.54) is 4.52 Å². The summed E-state index contributed by atoms with van der Waals surface area (Å²) in [5.74, 6) is 0.702. The maximum absolute atomic E-state index is 12.8. The molecule has 28 heavy (non-hydrogen) atoms. The Hall–Kier alpha value is -3.32. The van der Waals surface area contributed by atoms with Gasteiger partial charge < -0.3 is 4.74 Å². The van der Waals surface area contributed by atoms with Crippen LogP contribution in [0.3, 0.4) is 0 Å². The Kier molecular flexibility index (Phi) is 4.75. The molecule has 0 N–H and O–H groups in total. The smallest absolute Gasteiger partial charge is 0.296 e. The normalized spacial score (nSPS) is 11.9. The van der Waals surface area contributed by atoms with Crippen molar-refractivity contribution in [2.24, 2.45) is 0 Å². The molecule has 6 nitrogen and oxygen atoms in total. The first kappa shape index (κ1) is 18.1. The van der Waals surface area contributed by atoms with Gasteiger partial charge in [-0.1, -0.05) is 53.3 Å². The van der Waals surface area contributed by atoms with E-state index in [1.54, 1.807) is 13.2 Å². The Morgan fingerprint density at radius 1 is 1.14 bits per heavy atom. The van der Waals surface area contributed by atoms with Crippen molar-refractivity contribution in [2.45, 2.75) is 13.3 Å². The highest BCUT2D eigenvalue weighted by Crippen LogP contribution is 2.13. The zero-order chi connectivity index (χ0) is 19.7. The first-order valence-electron chi connectivity index (χ1n) is 8.67. The standard InChI is InChI=1S/C21H17N3O3S/c1-13-6-8-14(9-7-13)11-17-19(25)22-21-24(23-17)20(26)18(28-21)12-15-4-3-5-16(10-15)27-2/h3-10,12H,11H2,1-2H3. The summed E-state index contributed by atoms with van der Waals surface area (Å²) in [6.07, 6.45) is 2.08. The number of methoxy groups -OCH3 is 1. The molecule has 0 aliphatic rings. The van der Waals surface area contributed by atoms with Gasteiger partial charge in [-0.05, 0) is 36.3 Å². The molecule has 0 saturated heterocycles. The monoisotopic (exact) mass is 391 g/mol. The first-order valence-corrected chi connectivity index (χ1v) is 9.49. The molecule has 0 saturated carbocycles. The summed E-state index contributed by atoms with van der Waals surface area (Å²) in [6.45, 7) is 2.00. The van der Waals surface area contributed by atoms with E-state index in [0.29, 0.717) is 16.7 Å². The van der Waals surface area contributed by atoms with Gasteiger partial charge in [-0.2, -0.15) is 14.6 Å². The zero-order valence-corrected chi connectivity index (χ0v) is 16.2. The van der Waals surface area contributed by atoms with Crippen LogP contribution in [0.1, 0.15) is 22.4 Å². The first-order chi connectivity index (χ1) is 13.5. The van der Waals surface area contributed by atoms with Crippen molar-refractivity contribution < 1.29 is 4.74 Å². The maximum atomic E-state index is 12.8. The highest BCUT2D eigenvalue weighted by Gasteiger charge is 2.11. The summed E-state index contributed by atoms with van der Waals surface area (Å²) in [7, 11) is 1.59. The minimum atomic E-state index is -0.408. The van der Waals surface area contributed by atoms with E-state index >= 15 is 0 Å². The molecule has 7 heteroatoms. The third-order valence-electron chi connectivity index (χ3n) is 4.33. The van der Waals surface area contributed by atoms with Crippen molar-refractivity contribution in [1.29, 1.82) is 0 Å². The lowest BCUT2D eigenvalue weighted by molar-refractivity contribution is 0.414. The Morgan fingerprint density at radius 3 is 2.68 bits per heavy atom. The second kappa shape index (κ2) is 7.36. The van der Waals surface area contributed by atoms with Crippen LogP contribution in [0, 0.1) is 6.92 Å². The Morgan fingerprint density at radius 2 is 1.93 bits per heavy atom. The molecule has 0 aliphatic carbocycles. The molecular formula is C21H17N3O3S. The van der Waals surface area contributed by atoms with Crippen molar-refractivity contribution in [2.75, 3.05) is 7.11 Å². The Labute approximate surface area is 164 Å². The minimum absolute atomic E-state index is 0.254. The van der Waals surface area contributed by atoms with E-state index < -0.39 is 5.56 Å². The second-order valence-electron chi connectivity index (χ2n) is 6.41. The number of benzene rings is 2. The lowest BCUT2D eigenvalue weighted by Gasteiger charge is -2.01. The zero-order valence-electron chi connectivity index (χ0n) is 15.4. The molecule has 2 aromatic heterocycles. The molecule has 0 atom stereocenters. The molecule has 2 heterocycles. The fourth-order valence-corrected chi connectivity index (χ4v) is 3.74. The van der Waals surface area contributed by atoms with Crippen LogP contribution in [0.25, 0.3) is 11.0 Å². The largest absolute Gasteiger partial charge is 0.497 e. The van der Waals surface area contributed by atoms with Gasteiger partial charge in [0.25, 0.3) is 11.1 Å². The summed E-state index contributed by atoms with van der Waals surface area (Å²) in [6, 6.07) is 15.2. The van der Waals surface area contributed by atoms with Crippen LogP contribution in [-0.4, -0.2) is 21.7 Å². The van der Waals surface area contributed by atoms with Crippen LogP contribution in [0.2, 0.25) is 0 Å². The van der Waals surface area contributed by atoms with Gasteiger partial charge in [0, 0.05) is 6.42 Å². The molecule has 4 aromatic rings. The van der Waals surface area contributed by atoms with E-state index in [2.05, 4.69) is 10.1 Å². The highest BCUT2D eigenvalue weighted by molar-refractivity contribution is 7.15. The number of fused-ring (bicyclic) bond motifs is 1. The molecule has 140 valence electrons. The van der Waals surface area contributed by atoms with Gasteiger partial charge in [0.15, 0.2) is 0 Å². The number of rotatable bonds is 4. The average molecular weight is 391 g/mol. The fourth-order valence-electron chi connectivity index (χ4n) is 2.83. The molecule has 0 bridgehead atoms. The van der Waals surface area contributed by atoms with Crippen LogP contribution in [0.4, 0.5) is 0 Å². The molecular weight excluding hydrogens is 374 g/mol. The molecule has 0 aliphatic heterocycles.